The molecule has 0 N–H and O–H groups in total. The van der Waals surface area contributed by atoms with Crippen molar-refractivity contribution in [1.82, 2.24) is 0 Å². The topological polar surface area (TPSA) is 0 Å². The van der Waals surface area contributed by atoms with Crippen LogP contribution >= 0.6 is 44.9 Å². The van der Waals surface area contributed by atoms with Crippen LogP contribution in [0, 0.1) is 5.82 Å². The molecule has 0 fully saturated rings. The minimum Gasteiger partial charge on any atom is -0.205 e. The maximum Gasteiger partial charge on any atom is 0.142 e. The van der Waals surface area contributed by atoms with Crippen LogP contribution in [-0.2, 0) is 5.88 Å². The zero-order valence-electron chi connectivity index (χ0n) is 5.78. The molecule has 1 rings (SSSR count). The van der Waals surface area contributed by atoms with Gasteiger partial charge in [0, 0.05) is 10.6 Å². The smallest absolute Gasteiger partial charge is 0.142 e. The first-order valence-electron chi connectivity index (χ1n) is 3.01. The molecule has 0 radical (unpaired) electrons. The Labute approximate surface area is 88.5 Å². The summed E-state index contributed by atoms with van der Waals surface area (Å²) in [6.45, 7) is 0. The maximum absolute atomic E-state index is 13.2. The van der Waals surface area contributed by atoms with Crippen molar-refractivity contribution in [3.05, 3.63) is 28.5 Å². The van der Waals surface area contributed by atoms with Crippen molar-refractivity contribution >= 4 is 44.9 Å². The molecule has 0 spiro atoms. The van der Waals surface area contributed by atoms with Crippen molar-refractivity contribution in [2.75, 3.05) is 0 Å². The summed E-state index contributed by atoms with van der Waals surface area (Å²) in [6, 6.07) is 2.95. The molecule has 12 heavy (non-hydrogen) atoms. The van der Waals surface area contributed by atoms with E-state index in [9.17, 15) is 4.39 Å². The van der Waals surface area contributed by atoms with E-state index in [1.54, 1.807) is 0 Å². The second-order valence-electron chi connectivity index (χ2n) is 2.09. The molecular weight excluding hydrogens is 242 g/mol. The number of halogens is 4. The average Bonchev–Trinajstić information content (AvgIpc) is 2.08. The van der Waals surface area contributed by atoms with Crippen LogP contribution < -0.4 is 0 Å². The zero-order valence-corrected chi connectivity index (χ0v) is 8.87. The molecule has 0 aliphatic heterocycles. The summed E-state index contributed by atoms with van der Waals surface area (Å²) in [5.74, 6) is -0.300. The number of hydrogen-bond acceptors (Lipinski definition) is 1. The quantitative estimate of drug-likeness (QED) is 0.693. The Morgan fingerprint density at radius 1 is 1.42 bits per heavy atom. The Balaban J connectivity index is 3.22. The van der Waals surface area contributed by atoms with Gasteiger partial charge in [-0.3, -0.25) is 0 Å². The van der Waals surface area contributed by atoms with Gasteiger partial charge in [0.1, 0.15) is 5.82 Å². The van der Waals surface area contributed by atoms with E-state index < -0.39 is 5.82 Å². The highest BCUT2D eigenvalue weighted by Crippen LogP contribution is 2.30. The van der Waals surface area contributed by atoms with Crippen LogP contribution in [0.3, 0.4) is 0 Å². The van der Waals surface area contributed by atoms with Gasteiger partial charge in [-0.1, -0.05) is 11.6 Å². The van der Waals surface area contributed by atoms with Gasteiger partial charge in [0.15, 0.2) is 0 Å². The second kappa shape index (κ2) is 4.56. The van der Waals surface area contributed by atoms with Gasteiger partial charge in [0.05, 0.1) is 10.8 Å². The first-order valence-corrected chi connectivity index (χ1v) is 5.57. The maximum atomic E-state index is 13.2. The number of alkyl halides is 1. The number of rotatable bonds is 2. The minimum atomic E-state index is -0.394. The van der Waals surface area contributed by atoms with E-state index in [0.717, 1.165) is 11.0 Å². The third-order valence-electron chi connectivity index (χ3n) is 1.31. The first-order chi connectivity index (χ1) is 5.69. The lowest BCUT2D eigenvalue weighted by molar-refractivity contribution is 0.591. The molecule has 0 bridgehead atoms. The van der Waals surface area contributed by atoms with Crippen LogP contribution in [0.15, 0.2) is 17.0 Å². The fourth-order valence-corrected chi connectivity index (χ4v) is 1.98. The van der Waals surface area contributed by atoms with Gasteiger partial charge in [0.25, 0.3) is 0 Å². The Morgan fingerprint density at radius 3 is 2.58 bits per heavy atom. The molecule has 1 aromatic carbocycles. The Morgan fingerprint density at radius 2 is 2.08 bits per heavy atom. The molecule has 0 aliphatic rings. The summed E-state index contributed by atoms with van der Waals surface area (Å²) in [6.07, 6.45) is 0. The fraction of sp³-hybridized carbons (Fsp3) is 0.143. The summed E-state index contributed by atoms with van der Waals surface area (Å²) in [7, 11) is 6.20. The van der Waals surface area contributed by atoms with E-state index in [-0.39, 0.29) is 5.88 Å². The molecule has 0 heterocycles. The molecule has 1 aromatic rings. The van der Waals surface area contributed by atoms with Gasteiger partial charge in [0.2, 0.25) is 0 Å². The standard InChI is InChI=1S/C7H4Cl3FS/c8-3-4-1-5(9)2-6(12-10)7(4)11/h1-2H,3H2. The van der Waals surface area contributed by atoms with Crippen LogP contribution in [0.4, 0.5) is 4.39 Å². The van der Waals surface area contributed by atoms with Crippen molar-refractivity contribution in [1.29, 1.82) is 0 Å². The van der Waals surface area contributed by atoms with Crippen LogP contribution in [-0.4, -0.2) is 0 Å². The van der Waals surface area contributed by atoms with Gasteiger partial charge < -0.3 is 0 Å². The van der Waals surface area contributed by atoms with Crippen LogP contribution in [0.5, 0.6) is 0 Å². The molecule has 0 nitrogen and oxygen atoms in total. The largest absolute Gasteiger partial charge is 0.205 e. The van der Waals surface area contributed by atoms with Crippen LogP contribution in [0.2, 0.25) is 5.02 Å². The lowest BCUT2D eigenvalue weighted by atomic mass is 10.2. The second-order valence-corrected chi connectivity index (χ2v) is 3.85. The SMILES string of the molecule is Fc1c(CCl)cc(Cl)cc1SCl. The van der Waals surface area contributed by atoms with Crippen molar-refractivity contribution < 1.29 is 4.39 Å². The molecule has 0 atom stereocenters. The Kier molecular flexibility index (Phi) is 3.97. The predicted octanol–water partition coefficient (Wildman–Crippen LogP) is 4.46. The number of benzene rings is 1. The molecule has 0 unspecified atom stereocenters. The van der Waals surface area contributed by atoms with E-state index in [1.807, 2.05) is 0 Å². The van der Waals surface area contributed by atoms with E-state index >= 15 is 0 Å². The number of hydrogen-bond donors (Lipinski definition) is 0. The summed E-state index contributed by atoms with van der Waals surface area (Å²) in [5.41, 5.74) is 0.368. The predicted molar refractivity (Wildman–Crippen MR) is 52.7 cm³/mol. The van der Waals surface area contributed by atoms with E-state index in [0.29, 0.717) is 15.5 Å². The lowest BCUT2D eigenvalue weighted by Crippen LogP contribution is -1.88. The van der Waals surface area contributed by atoms with Gasteiger partial charge in [-0.05, 0) is 33.8 Å². The van der Waals surface area contributed by atoms with Gasteiger partial charge >= 0.3 is 0 Å². The van der Waals surface area contributed by atoms with Crippen molar-refractivity contribution in [3.63, 3.8) is 0 Å². The minimum absolute atomic E-state index is 0.0941. The van der Waals surface area contributed by atoms with Crippen molar-refractivity contribution in [2.45, 2.75) is 10.8 Å². The molecule has 5 heteroatoms. The Hall–Kier alpha value is 0.370. The van der Waals surface area contributed by atoms with Crippen LogP contribution in [0.25, 0.3) is 0 Å². The van der Waals surface area contributed by atoms with E-state index in [1.165, 1.54) is 12.1 Å². The lowest BCUT2D eigenvalue weighted by Gasteiger charge is -2.03. The first kappa shape index (κ1) is 10.5. The highest BCUT2D eigenvalue weighted by atomic mass is 35.7. The van der Waals surface area contributed by atoms with Gasteiger partial charge in [-0.25, -0.2) is 4.39 Å². The van der Waals surface area contributed by atoms with Crippen molar-refractivity contribution in [2.24, 2.45) is 0 Å². The summed E-state index contributed by atoms with van der Waals surface area (Å²) < 4.78 is 13.2. The van der Waals surface area contributed by atoms with Gasteiger partial charge in [-0.2, -0.15) is 0 Å². The summed E-state index contributed by atoms with van der Waals surface area (Å²) in [5, 5.41) is 0.440. The Bertz CT molecular complexity index is 265. The molecule has 0 amide bonds. The third-order valence-corrected chi connectivity index (χ3v) is 2.77. The summed E-state index contributed by atoms with van der Waals surface area (Å²) in [4.78, 5) is 0.305. The molecule has 0 saturated heterocycles. The van der Waals surface area contributed by atoms with E-state index in [4.69, 9.17) is 33.9 Å². The zero-order chi connectivity index (χ0) is 9.14. The molecule has 0 saturated carbocycles. The van der Waals surface area contributed by atoms with E-state index in [2.05, 4.69) is 0 Å². The normalized spacial score (nSPS) is 10.3. The molecular formula is C7H4Cl3FS. The van der Waals surface area contributed by atoms with Crippen molar-refractivity contribution in [3.8, 4) is 0 Å². The van der Waals surface area contributed by atoms with Crippen LogP contribution in [0.1, 0.15) is 5.56 Å². The highest BCUT2D eigenvalue weighted by molar-refractivity contribution is 8.21. The highest BCUT2D eigenvalue weighted by Gasteiger charge is 2.08. The monoisotopic (exact) mass is 244 g/mol. The fourth-order valence-electron chi connectivity index (χ4n) is 0.772. The average molecular weight is 246 g/mol. The van der Waals surface area contributed by atoms with Gasteiger partial charge in [-0.15, -0.1) is 11.6 Å². The molecule has 0 aromatic heterocycles. The third kappa shape index (κ3) is 2.19. The molecule has 0 aliphatic carbocycles. The summed E-state index contributed by atoms with van der Waals surface area (Å²) >= 11 is 11.2. The molecule has 66 valence electrons.